The highest BCUT2D eigenvalue weighted by Gasteiger charge is 2.13. The highest BCUT2D eigenvalue weighted by atomic mass is 32.2. The first-order valence-corrected chi connectivity index (χ1v) is 5.62. The van der Waals surface area contributed by atoms with E-state index in [0.717, 1.165) is 11.0 Å². The molecule has 14 heavy (non-hydrogen) atoms. The van der Waals surface area contributed by atoms with Crippen LogP contribution < -0.4 is 0 Å². The summed E-state index contributed by atoms with van der Waals surface area (Å²) < 4.78 is 1.96. The van der Waals surface area contributed by atoms with Gasteiger partial charge in [-0.25, -0.2) is 4.98 Å². The highest BCUT2D eigenvalue weighted by Crippen LogP contribution is 2.24. The molecule has 0 aliphatic rings. The molecule has 2 rings (SSSR count). The number of para-hydroxylation sites is 2. The largest absolute Gasteiger partial charge is 0.385 e. The van der Waals surface area contributed by atoms with Crippen LogP contribution in [0, 0.1) is 0 Å². The first-order chi connectivity index (χ1) is 6.74. The van der Waals surface area contributed by atoms with Gasteiger partial charge in [0.1, 0.15) is 11.9 Å². The van der Waals surface area contributed by atoms with E-state index in [1.54, 1.807) is 18.9 Å². The molecule has 0 aliphatic heterocycles. The summed E-state index contributed by atoms with van der Waals surface area (Å²) in [4.78, 5) is 4.38. The van der Waals surface area contributed by atoms with Gasteiger partial charge < -0.3 is 5.11 Å². The summed E-state index contributed by atoms with van der Waals surface area (Å²) in [5.74, 6) is 0.707. The summed E-state index contributed by atoms with van der Waals surface area (Å²) in [6.07, 6.45) is 1.44. The third-order valence-corrected chi connectivity index (χ3v) is 2.85. The van der Waals surface area contributed by atoms with Crippen LogP contribution in [0.15, 0.2) is 24.3 Å². The molecule has 1 heterocycles. The van der Waals surface area contributed by atoms with Gasteiger partial charge in [0.05, 0.1) is 11.0 Å². The Morgan fingerprint density at radius 1 is 1.43 bits per heavy atom. The van der Waals surface area contributed by atoms with Crippen molar-refractivity contribution in [3.05, 3.63) is 30.1 Å². The molecule has 0 saturated carbocycles. The lowest BCUT2D eigenvalue weighted by molar-refractivity contribution is 0.189. The number of hydrogen-bond donors (Lipinski definition) is 1. The van der Waals surface area contributed by atoms with Crippen LogP contribution in [0.3, 0.4) is 0 Å². The van der Waals surface area contributed by atoms with Gasteiger partial charge >= 0.3 is 0 Å². The van der Waals surface area contributed by atoms with Gasteiger partial charge in [0.25, 0.3) is 0 Å². The molecular formula is C10H12N2OS. The molecule has 1 aromatic heterocycles. The number of aromatic nitrogens is 2. The summed E-state index contributed by atoms with van der Waals surface area (Å²) in [7, 11) is 0. The second-order valence-electron chi connectivity index (χ2n) is 3.11. The Kier molecular flexibility index (Phi) is 2.48. The average Bonchev–Trinajstić information content (AvgIpc) is 2.56. The van der Waals surface area contributed by atoms with E-state index in [-0.39, 0.29) is 0 Å². The number of aliphatic hydroxyl groups is 1. The molecule has 0 spiro atoms. The SMILES string of the molecule is CSn1c(C(C)O)nc2ccccc21. The van der Waals surface area contributed by atoms with Crippen LogP contribution in [-0.4, -0.2) is 20.3 Å². The fourth-order valence-electron chi connectivity index (χ4n) is 1.48. The molecule has 0 amide bonds. The summed E-state index contributed by atoms with van der Waals surface area (Å²) >= 11 is 1.55. The lowest BCUT2D eigenvalue weighted by Crippen LogP contribution is -1.99. The number of aliphatic hydroxyl groups excluding tert-OH is 1. The monoisotopic (exact) mass is 208 g/mol. The van der Waals surface area contributed by atoms with Crippen molar-refractivity contribution in [2.75, 3.05) is 6.26 Å². The van der Waals surface area contributed by atoms with Crippen molar-refractivity contribution in [3.63, 3.8) is 0 Å². The van der Waals surface area contributed by atoms with Crippen molar-refractivity contribution in [2.24, 2.45) is 0 Å². The number of nitrogens with zero attached hydrogens (tertiary/aromatic N) is 2. The van der Waals surface area contributed by atoms with Crippen LogP contribution in [0.5, 0.6) is 0 Å². The van der Waals surface area contributed by atoms with E-state index in [1.165, 1.54) is 0 Å². The first-order valence-electron chi connectivity index (χ1n) is 4.44. The molecule has 1 aromatic carbocycles. The molecule has 2 aromatic rings. The van der Waals surface area contributed by atoms with E-state index in [0.29, 0.717) is 5.82 Å². The molecule has 3 nitrogen and oxygen atoms in total. The lowest BCUT2D eigenvalue weighted by atomic mass is 10.3. The van der Waals surface area contributed by atoms with Crippen molar-refractivity contribution in [3.8, 4) is 0 Å². The molecule has 74 valence electrons. The Hall–Kier alpha value is -1.00. The minimum Gasteiger partial charge on any atom is -0.385 e. The molecule has 4 heteroatoms. The van der Waals surface area contributed by atoms with Crippen molar-refractivity contribution >= 4 is 23.0 Å². The number of rotatable bonds is 2. The van der Waals surface area contributed by atoms with Gasteiger partial charge in [-0.15, -0.1) is 0 Å². The lowest BCUT2D eigenvalue weighted by Gasteiger charge is -2.05. The number of fused-ring (bicyclic) bond motifs is 1. The molecule has 0 bridgehead atoms. The van der Waals surface area contributed by atoms with E-state index in [1.807, 2.05) is 34.5 Å². The zero-order valence-corrected chi connectivity index (χ0v) is 8.95. The van der Waals surface area contributed by atoms with Crippen LogP contribution in [0.4, 0.5) is 0 Å². The standard InChI is InChI=1S/C10H12N2OS/c1-7(13)10-11-8-5-3-4-6-9(8)12(10)14-2/h3-7,13H,1-2H3. The molecule has 0 radical (unpaired) electrons. The molecule has 1 unspecified atom stereocenters. The van der Waals surface area contributed by atoms with Crippen molar-refractivity contribution in [2.45, 2.75) is 13.0 Å². The molecule has 1 atom stereocenters. The van der Waals surface area contributed by atoms with E-state index >= 15 is 0 Å². The summed E-state index contributed by atoms with van der Waals surface area (Å²) in [5.41, 5.74) is 1.98. The predicted octanol–water partition coefficient (Wildman–Crippen LogP) is 2.22. The topological polar surface area (TPSA) is 38.0 Å². The first kappa shape index (κ1) is 9.55. The highest BCUT2D eigenvalue weighted by molar-refractivity contribution is 7.97. The summed E-state index contributed by atoms with van der Waals surface area (Å²) in [6, 6.07) is 7.88. The molecule has 0 aliphatic carbocycles. The van der Waals surface area contributed by atoms with Crippen LogP contribution in [0.25, 0.3) is 11.0 Å². The minimum absolute atomic E-state index is 0.533. The van der Waals surface area contributed by atoms with Gasteiger partial charge in [0.2, 0.25) is 0 Å². The Morgan fingerprint density at radius 3 is 2.79 bits per heavy atom. The average molecular weight is 208 g/mol. The molecule has 1 N–H and O–H groups in total. The van der Waals surface area contributed by atoms with E-state index in [4.69, 9.17) is 0 Å². The van der Waals surface area contributed by atoms with Gasteiger partial charge in [0, 0.05) is 6.26 Å². The Balaban J connectivity index is 2.72. The third kappa shape index (κ3) is 1.40. The maximum atomic E-state index is 9.54. The second-order valence-corrected chi connectivity index (χ2v) is 3.84. The normalized spacial score (nSPS) is 13.4. The van der Waals surface area contributed by atoms with Crippen LogP contribution >= 0.6 is 11.9 Å². The fourth-order valence-corrected chi connectivity index (χ4v) is 2.21. The number of hydrogen-bond acceptors (Lipinski definition) is 3. The molecule has 0 fully saturated rings. The summed E-state index contributed by atoms with van der Waals surface area (Å²) in [5, 5.41) is 9.54. The Labute approximate surface area is 86.9 Å². The van der Waals surface area contributed by atoms with E-state index < -0.39 is 6.10 Å². The number of benzene rings is 1. The van der Waals surface area contributed by atoms with Crippen molar-refractivity contribution in [1.29, 1.82) is 0 Å². The van der Waals surface area contributed by atoms with Gasteiger partial charge in [-0.1, -0.05) is 12.1 Å². The Bertz CT molecular complexity index is 450. The van der Waals surface area contributed by atoms with Gasteiger partial charge in [-0.2, -0.15) is 0 Å². The third-order valence-electron chi connectivity index (χ3n) is 2.10. The number of imidazole rings is 1. The quantitative estimate of drug-likeness (QED) is 0.822. The van der Waals surface area contributed by atoms with E-state index in [9.17, 15) is 5.11 Å². The van der Waals surface area contributed by atoms with Crippen molar-refractivity contribution in [1.82, 2.24) is 8.96 Å². The van der Waals surface area contributed by atoms with Crippen LogP contribution in [0.2, 0.25) is 0 Å². The van der Waals surface area contributed by atoms with Gasteiger partial charge in [0.15, 0.2) is 0 Å². The Morgan fingerprint density at radius 2 is 2.14 bits per heavy atom. The van der Waals surface area contributed by atoms with Gasteiger partial charge in [-0.3, -0.25) is 3.97 Å². The summed E-state index contributed by atoms with van der Waals surface area (Å²) in [6.45, 7) is 1.73. The minimum atomic E-state index is -0.533. The van der Waals surface area contributed by atoms with Crippen LogP contribution in [-0.2, 0) is 0 Å². The van der Waals surface area contributed by atoms with E-state index in [2.05, 4.69) is 4.98 Å². The fraction of sp³-hybridized carbons (Fsp3) is 0.300. The second kappa shape index (κ2) is 3.63. The zero-order valence-electron chi connectivity index (χ0n) is 8.14. The zero-order chi connectivity index (χ0) is 10.1. The molecule has 0 saturated heterocycles. The maximum Gasteiger partial charge on any atom is 0.148 e. The van der Waals surface area contributed by atoms with Crippen LogP contribution in [0.1, 0.15) is 18.9 Å². The predicted molar refractivity (Wildman–Crippen MR) is 59.3 cm³/mol. The van der Waals surface area contributed by atoms with Crippen molar-refractivity contribution < 1.29 is 5.11 Å². The molecular weight excluding hydrogens is 196 g/mol. The maximum absolute atomic E-state index is 9.54. The smallest absolute Gasteiger partial charge is 0.148 e. The van der Waals surface area contributed by atoms with Gasteiger partial charge in [-0.05, 0) is 31.0 Å².